The van der Waals surface area contributed by atoms with Gasteiger partial charge in [0.05, 0.1) is 6.42 Å². The van der Waals surface area contributed by atoms with Gasteiger partial charge in [-0.25, -0.2) is 8.42 Å². The van der Waals surface area contributed by atoms with E-state index in [1.807, 2.05) is 0 Å². The van der Waals surface area contributed by atoms with E-state index in [0.29, 0.717) is 17.3 Å². The van der Waals surface area contributed by atoms with Gasteiger partial charge in [-0.3, -0.25) is 4.79 Å². The molecule has 106 valence electrons. The second-order valence-electron chi connectivity index (χ2n) is 4.87. The highest BCUT2D eigenvalue weighted by Gasteiger charge is 2.27. The molecule has 0 saturated heterocycles. The number of hydrogen-bond donors (Lipinski definition) is 1. The minimum Gasteiger partial charge on any atom is -0.481 e. The summed E-state index contributed by atoms with van der Waals surface area (Å²) in [5, 5.41) is 8.69. The third-order valence-corrected chi connectivity index (χ3v) is 6.74. The zero-order chi connectivity index (χ0) is 14.0. The number of thiophene rings is 1. The van der Waals surface area contributed by atoms with Gasteiger partial charge in [0.25, 0.3) is 10.0 Å². The molecular formula is C12H17NO4S2. The lowest BCUT2D eigenvalue weighted by atomic mass is 9.86. The highest BCUT2D eigenvalue weighted by Crippen LogP contribution is 2.30. The van der Waals surface area contributed by atoms with E-state index in [0.717, 1.165) is 24.2 Å². The molecule has 19 heavy (non-hydrogen) atoms. The molecule has 5 nitrogen and oxygen atoms in total. The molecule has 0 bridgehead atoms. The maximum atomic E-state index is 12.3. The molecule has 7 heteroatoms. The third-order valence-electron chi connectivity index (χ3n) is 3.37. The first-order chi connectivity index (χ1) is 8.89. The Morgan fingerprint density at radius 1 is 1.47 bits per heavy atom. The van der Waals surface area contributed by atoms with E-state index < -0.39 is 16.0 Å². The summed E-state index contributed by atoms with van der Waals surface area (Å²) in [7, 11) is -1.88. The van der Waals surface area contributed by atoms with Crippen LogP contribution in [0.15, 0.2) is 16.3 Å². The van der Waals surface area contributed by atoms with Gasteiger partial charge in [0.15, 0.2) is 0 Å². The fourth-order valence-corrected chi connectivity index (χ4v) is 4.84. The molecular weight excluding hydrogens is 286 g/mol. The topological polar surface area (TPSA) is 74.7 Å². The monoisotopic (exact) mass is 303 g/mol. The van der Waals surface area contributed by atoms with E-state index in [2.05, 4.69) is 0 Å². The largest absolute Gasteiger partial charge is 0.481 e. The molecule has 1 N–H and O–H groups in total. The van der Waals surface area contributed by atoms with Crippen molar-refractivity contribution in [3.05, 3.63) is 17.0 Å². The van der Waals surface area contributed by atoms with Crippen LogP contribution in [-0.4, -0.2) is 37.4 Å². The van der Waals surface area contributed by atoms with E-state index in [9.17, 15) is 13.2 Å². The van der Waals surface area contributed by atoms with Crippen molar-refractivity contribution >= 4 is 27.3 Å². The van der Waals surface area contributed by atoms with Gasteiger partial charge in [-0.05, 0) is 30.9 Å². The molecule has 0 amide bonds. The summed E-state index contributed by atoms with van der Waals surface area (Å²) in [6.45, 7) is 0.550. The Hall–Kier alpha value is -0.920. The van der Waals surface area contributed by atoms with Crippen molar-refractivity contribution in [1.82, 2.24) is 4.31 Å². The normalized spacial score (nSPS) is 16.5. The van der Waals surface area contributed by atoms with Gasteiger partial charge >= 0.3 is 5.97 Å². The van der Waals surface area contributed by atoms with Gasteiger partial charge in [-0.15, -0.1) is 11.3 Å². The third kappa shape index (κ3) is 3.34. The van der Waals surface area contributed by atoms with Crippen LogP contribution in [0.5, 0.6) is 0 Å². The summed E-state index contributed by atoms with van der Waals surface area (Å²) in [5.41, 5.74) is 0. The predicted octanol–water partition coefficient (Wildman–Crippen LogP) is 1.80. The standard InChI is InChI=1S/C12H17NO4S2/c1-13(8-9-3-2-4-9)19(16,17)12-6-5-10(18-12)7-11(14)15/h5-6,9H,2-4,7-8H2,1H3,(H,14,15). The molecule has 1 aromatic rings. The minimum atomic E-state index is -3.47. The van der Waals surface area contributed by atoms with Crippen LogP contribution in [0.25, 0.3) is 0 Å². The number of rotatable bonds is 6. The van der Waals surface area contributed by atoms with E-state index >= 15 is 0 Å². The summed E-state index contributed by atoms with van der Waals surface area (Å²) in [4.78, 5) is 11.2. The number of hydrogen-bond acceptors (Lipinski definition) is 4. The smallest absolute Gasteiger partial charge is 0.308 e. The van der Waals surface area contributed by atoms with Gasteiger partial charge in [-0.1, -0.05) is 6.42 Å². The molecule has 1 aliphatic carbocycles. The summed E-state index contributed by atoms with van der Waals surface area (Å²) in [5.74, 6) is -0.480. The van der Waals surface area contributed by atoms with Crippen molar-refractivity contribution < 1.29 is 18.3 Å². The average molecular weight is 303 g/mol. The van der Waals surface area contributed by atoms with Crippen molar-refractivity contribution in [2.75, 3.05) is 13.6 Å². The van der Waals surface area contributed by atoms with E-state index in [-0.39, 0.29) is 10.6 Å². The molecule has 1 saturated carbocycles. The number of nitrogens with zero attached hydrogens (tertiary/aromatic N) is 1. The van der Waals surface area contributed by atoms with Gasteiger partial charge < -0.3 is 5.11 Å². The number of carbonyl (C=O) groups is 1. The van der Waals surface area contributed by atoms with Crippen LogP contribution in [0.4, 0.5) is 0 Å². The van der Waals surface area contributed by atoms with Crippen molar-refractivity contribution in [2.24, 2.45) is 5.92 Å². The first-order valence-electron chi connectivity index (χ1n) is 6.16. The quantitative estimate of drug-likeness (QED) is 0.869. The Labute approximate surface area is 116 Å². The molecule has 1 aliphatic rings. The first kappa shape index (κ1) is 14.5. The second kappa shape index (κ2) is 5.60. The summed E-state index contributed by atoms with van der Waals surface area (Å²) in [6, 6.07) is 3.07. The lowest BCUT2D eigenvalue weighted by molar-refractivity contribution is -0.136. The molecule has 0 radical (unpaired) electrons. The van der Waals surface area contributed by atoms with Crippen LogP contribution in [0, 0.1) is 5.92 Å². The molecule has 1 aromatic heterocycles. The van der Waals surface area contributed by atoms with Crippen LogP contribution in [0.3, 0.4) is 0 Å². The van der Waals surface area contributed by atoms with Gasteiger partial charge in [0.2, 0.25) is 0 Å². The predicted molar refractivity (Wildman–Crippen MR) is 72.8 cm³/mol. The molecule has 0 aromatic carbocycles. The van der Waals surface area contributed by atoms with Crippen molar-refractivity contribution in [2.45, 2.75) is 29.9 Å². The summed E-state index contributed by atoms with van der Waals surface area (Å²) < 4.78 is 26.2. The zero-order valence-corrected chi connectivity index (χ0v) is 12.3. The Morgan fingerprint density at radius 2 is 2.16 bits per heavy atom. The Morgan fingerprint density at radius 3 is 2.68 bits per heavy atom. The van der Waals surface area contributed by atoms with Crippen LogP contribution < -0.4 is 0 Å². The van der Waals surface area contributed by atoms with Gasteiger partial charge in [0, 0.05) is 18.5 Å². The first-order valence-corrected chi connectivity index (χ1v) is 8.42. The second-order valence-corrected chi connectivity index (χ2v) is 8.31. The summed E-state index contributed by atoms with van der Waals surface area (Å²) >= 11 is 1.04. The molecule has 0 atom stereocenters. The number of carboxylic acids is 1. The maximum absolute atomic E-state index is 12.3. The number of aliphatic carboxylic acids is 1. The number of carboxylic acid groups (broad SMARTS) is 1. The lowest BCUT2D eigenvalue weighted by Gasteiger charge is -2.29. The van der Waals surface area contributed by atoms with Gasteiger partial charge in [0.1, 0.15) is 4.21 Å². The Kier molecular flexibility index (Phi) is 4.27. The molecule has 0 aliphatic heterocycles. The average Bonchev–Trinajstić information content (AvgIpc) is 2.71. The zero-order valence-electron chi connectivity index (χ0n) is 10.7. The highest BCUT2D eigenvalue weighted by atomic mass is 32.2. The molecule has 2 rings (SSSR count). The van der Waals surface area contributed by atoms with Crippen LogP contribution in [-0.2, 0) is 21.2 Å². The SMILES string of the molecule is CN(CC1CCC1)S(=O)(=O)c1ccc(CC(=O)O)s1. The minimum absolute atomic E-state index is 0.132. The fraction of sp³-hybridized carbons (Fsp3) is 0.583. The van der Waals surface area contributed by atoms with Crippen LogP contribution in [0.1, 0.15) is 24.1 Å². The molecule has 1 fully saturated rings. The van der Waals surface area contributed by atoms with Crippen molar-refractivity contribution in [3.63, 3.8) is 0 Å². The van der Waals surface area contributed by atoms with E-state index in [1.165, 1.54) is 16.8 Å². The van der Waals surface area contributed by atoms with E-state index in [1.54, 1.807) is 13.1 Å². The highest BCUT2D eigenvalue weighted by molar-refractivity contribution is 7.91. The number of sulfonamides is 1. The maximum Gasteiger partial charge on any atom is 0.308 e. The summed E-state index contributed by atoms with van der Waals surface area (Å²) in [6.07, 6.45) is 3.23. The van der Waals surface area contributed by atoms with Gasteiger partial charge in [-0.2, -0.15) is 4.31 Å². The van der Waals surface area contributed by atoms with E-state index in [4.69, 9.17) is 5.11 Å². The fourth-order valence-electron chi connectivity index (χ4n) is 2.03. The lowest BCUT2D eigenvalue weighted by Crippen LogP contribution is -2.33. The molecule has 0 spiro atoms. The van der Waals surface area contributed by atoms with Crippen molar-refractivity contribution in [1.29, 1.82) is 0 Å². The molecule has 1 heterocycles. The Balaban J connectivity index is 2.09. The van der Waals surface area contributed by atoms with Crippen LogP contribution in [0.2, 0.25) is 0 Å². The van der Waals surface area contributed by atoms with Crippen LogP contribution >= 0.6 is 11.3 Å². The van der Waals surface area contributed by atoms with Crippen molar-refractivity contribution in [3.8, 4) is 0 Å². The molecule has 0 unspecified atom stereocenters. The Bertz CT molecular complexity index is 560.